The van der Waals surface area contributed by atoms with Gasteiger partial charge in [-0.1, -0.05) is 12.1 Å². The van der Waals surface area contributed by atoms with E-state index in [1.165, 1.54) is 30.4 Å². The number of amides is 1. The minimum atomic E-state index is -0.529. The number of rotatable bonds is 2. The van der Waals surface area contributed by atoms with Gasteiger partial charge in [0.2, 0.25) is 0 Å². The van der Waals surface area contributed by atoms with Crippen LogP contribution < -0.4 is 5.73 Å². The Labute approximate surface area is 105 Å². The first-order valence-corrected chi connectivity index (χ1v) is 6.21. The summed E-state index contributed by atoms with van der Waals surface area (Å²) in [5.74, 6) is -0.318. The minimum Gasteiger partial charge on any atom is -0.363 e. The van der Waals surface area contributed by atoms with Crippen molar-refractivity contribution in [2.24, 2.45) is 5.73 Å². The molecule has 1 aliphatic carbocycles. The molecule has 0 fully saturated rings. The molecule has 4 nitrogen and oxygen atoms in total. The Hall–Kier alpha value is -2.10. The number of benzene rings is 1. The van der Waals surface area contributed by atoms with Gasteiger partial charge >= 0.3 is 0 Å². The topological polar surface area (TPSA) is 71.8 Å². The molecule has 2 aromatic rings. The van der Waals surface area contributed by atoms with Crippen molar-refractivity contribution in [2.75, 3.05) is 0 Å². The van der Waals surface area contributed by atoms with Crippen molar-refractivity contribution in [3.05, 3.63) is 41.3 Å². The van der Waals surface area contributed by atoms with Gasteiger partial charge < -0.3 is 10.7 Å². The van der Waals surface area contributed by atoms with Gasteiger partial charge in [0.25, 0.3) is 5.91 Å². The summed E-state index contributed by atoms with van der Waals surface area (Å²) in [5, 5.41) is 0. The number of nitrogens with two attached hydrogens (primary N) is 1. The molecule has 0 atom stereocenters. The average molecular weight is 241 g/mol. The second-order valence-electron chi connectivity index (χ2n) is 4.70. The summed E-state index contributed by atoms with van der Waals surface area (Å²) in [5.41, 5.74) is 9.95. The largest absolute Gasteiger partial charge is 0.363 e. The van der Waals surface area contributed by atoms with E-state index in [0.29, 0.717) is 0 Å². The van der Waals surface area contributed by atoms with Gasteiger partial charge in [0.1, 0.15) is 0 Å². The van der Waals surface area contributed by atoms with Crippen LogP contribution in [-0.2, 0) is 12.8 Å². The summed E-state index contributed by atoms with van der Waals surface area (Å²) in [6, 6.07) is 6.43. The zero-order chi connectivity index (χ0) is 12.5. The fourth-order valence-electron chi connectivity index (χ4n) is 2.49. The van der Waals surface area contributed by atoms with Crippen LogP contribution in [0, 0.1) is 0 Å². The molecule has 18 heavy (non-hydrogen) atoms. The van der Waals surface area contributed by atoms with Gasteiger partial charge in [-0.25, -0.2) is 4.98 Å². The summed E-state index contributed by atoms with van der Waals surface area (Å²) in [6.45, 7) is 0. The van der Waals surface area contributed by atoms with Crippen molar-refractivity contribution in [3.8, 4) is 11.3 Å². The highest BCUT2D eigenvalue weighted by molar-refractivity contribution is 5.89. The second-order valence-corrected chi connectivity index (χ2v) is 4.70. The molecule has 3 rings (SSSR count). The standard InChI is InChI=1S/C14H15N3O/c15-13(18)14-16-8-12(17-14)11-6-5-9-3-1-2-4-10(9)7-11/h5-8H,1-4H2,(H2,15,18)(H,16,17). The first-order valence-electron chi connectivity index (χ1n) is 6.21. The van der Waals surface area contributed by atoms with E-state index in [1.54, 1.807) is 6.20 Å². The van der Waals surface area contributed by atoms with Crippen LogP contribution in [0.5, 0.6) is 0 Å². The van der Waals surface area contributed by atoms with Gasteiger partial charge in [-0.05, 0) is 48.4 Å². The van der Waals surface area contributed by atoms with Crippen LogP contribution in [0.25, 0.3) is 11.3 Å². The molecule has 0 unspecified atom stereocenters. The van der Waals surface area contributed by atoms with Gasteiger partial charge in [-0.2, -0.15) is 0 Å². The number of hydrogen-bond acceptors (Lipinski definition) is 2. The number of fused-ring (bicyclic) bond motifs is 1. The van der Waals surface area contributed by atoms with Gasteiger partial charge in [-0.3, -0.25) is 4.79 Å². The number of nitrogens with zero attached hydrogens (tertiary/aromatic N) is 1. The molecule has 0 aliphatic heterocycles. The van der Waals surface area contributed by atoms with Crippen molar-refractivity contribution in [1.82, 2.24) is 9.97 Å². The number of aromatic amines is 1. The number of aryl methyl sites for hydroxylation is 2. The molecule has 1 aliphatic rings. The van der Waals surface area contributed by atoms with Crippen LogP contribution in [0.3, 0.4) is 0 Å². The fourth-order valence-corrected chi connectivity index (χ4v) is 2.49. The highest BCUT2D eigenvalue weighted by Crippen LogP contribution is 2.26. The molecule has 0 saturated carbocycles. The van der Waals surface area contributed by atoms with E-state index in [2.05, 4.69) is 28.2 Å². The Morgan fingerprint density at radius 2 is 2.00 bits per heavy atom. The van der Waals surface area contributed by atoms with Crippen molar-refractivity contribution < 1.29 is 4.79 Å². The molecule has 92 valence electrons. The Bertz CT molecular complexity index is 601. The molecule has 0 saturated heterocycles. The number of aromatic nitrogens is 2. The SMILES string of the molecule is NC(=O)c1ncc(-c2ccc3c(c2)CCCC3)[nH]1. The lowest BCUT2D eigenvalue weighted by atomic mass is 9.90. The van der Waals surface area contributed by atoms with E-state index in [0.717, 1.165) is 17.7 Å². The van der Waals surface area contributed by atoms with E-state index in [4.69, 9.17) is 5.73 Å². The maximum atomic E-state index is 11.0. The number of nitrogens with one attached hydrogen (secondary N) is 1. The Balaban J connectivity index is 1.98. The molecular formula is C14H15N3O. The van der Waals surface area contributed by atoms with Gasteiger partial charge in [0.05, 0.1) is 11.9 Å². The Morgan fingerprint density at radius 1 is 1.22 bits per heavy atom. The van der Waals surface area contributed by atoms with E-state index in [1.807, 2.05) is 0 Å². The van der Waals surface area contributed by atoms with Crippen LogP contribution in [0.4, 0.5) is 0 Å². The van der Waals surface area contributed by atoms with E-state index in [9.17, 15) is 4.79 Å². The highest BCUT2D eigenvalue weighted by Gasteiger charge is 2.12. The molecule has 1 aromatic carbocycles. The zero-order valence-corrected chi connectivity index (χ0v) is 10.1. The van der Waals surface area contributed by atoms with Gasteiger partial charge in [-0.15, -0.1) is 0 Å². The van der Waals surface area contributed by atoms with Crippen molar-refractivity contribution in [2.45, 2.75) is 25.7 Å². The van der Waals surface area contributed by atoms with Crippen LogP contribution in [0.2, 0.25) is 0 Å². The number of carbonyl (C=O) groups excluding carboxylic acids is 1. The monoisotopic (exact) mass is 241 g/mol. The summed E-state index contributed by atoms with van der Waals surface area (Å²) >= 11 is 0. The number of H-pyrrole nitrogens is 1. The minimum absolute atomic E-state index is 0.211. The number of carbonyl (C=O) groups is 1. The maximum Gasteiger partial charge on any atom is 0.284 e. The number of primary amides is 1. The van der Waals surface area contributed by atoms with E-state index >= 15 is 0 Å². The first kappa shape index (κ1) is 11.0. The van der Waals surface area contributed by atoms with Gasteiger partial charge in [0, 0.05) is 0 Å². The normalized spacial score (nSPS) is 14.2. The third kappa shape index (κ3) is 1.90. The molecule has 1 heterocycles. The van der Waals surface area contributed by atoms with Gasteiger partial charge in [0.15, 0.2) is 5.82 Å². The Kier molecular flexibility index (Phi) is 2.63. The lowest BCUT2D eigenvalue weighted by Crippen LogP contribution is -2.12. The zero-order valence-electron chi connectivity index (χ0n) is 10.1. The van der Waals surface area contributed by atoms with Crippen LogP contribution in [0.15, 0.2) is 24.4 Å². The smallest absolute Gasteiger partial charge is 0.284 e. The van der Waals surface area contributed by atoms with Crippen molar-refractivity contribution in [1.29, 1.82) is 0 Å². The van der Waals surface area contributed by atoms with Crippen molar-refractivity contribution in [3.63, 3.8) is 0 Å². The highest BCUT2D eigenvalue weighted by atomic mass is 16.1. The molecular weight excluding hydrogens is 226 g/mol. The van der Waals surface area contributed by atoms with E-state index in [-0.39, 0.29) is 5.82 Å². The average Bonchev–Trinajstić information content (AvgIpc) is 2.88. The Morgan fingerprint density at radius 3 is 2.72 bits per heavy atom. The predicted octanol–water partition coefficient (Wildman–Crippen LogP) is 2.05. The van der Waals surface area contributed by atoms with Crippen molar-refractivity contribution >= 4 is 5.91 Å². The summed E-state index contributed by atoms with van der Waals surface area (Å²) in [6.07, 6.45) is 6.50. The van der Waals surface area contributed by atoms with Crippen LogP contribution in [-0.4, -0.2) is 15.9 Å². The molecule has 0 spiro atoms. The predicted molar refractivity (Wildman–Crippen MR) is 69.2 cm³/mol. The first-order chi connectivity index (χ1) is 8.74. The third-order valence-corrected chi connectivity index (χ3v) is 3.47. The second kappa shape index (κ2) is 4.29. The lowest BCUT2D eigenvalue weighted by molar-refractivity contribution is 0.0991. The fraction of sp³-hybridized carbons (Fsp3) is 0.286. The van der Waals surface area contributed by atoms with Crippen LogP contribution in [0.1, 0.15) is 34.6 Å². The van der Waals surface area contributed by atoms with Crippen LogP contribution >= 0.6 is 0 Å². The summed E-state index contributed by atoms with van der Waals surface area (Å²) < 4.78 is 0. The third-order valence-electron chi connectivity index (χ3n) is 3.47. The quantitative estimate of drug-likeness (QED) is 0.844. The van der Waals surface area contributed by atoms with E-state index < -0.39 is 5.91 Å². The molecule has 1 amide bonds. The number of hydrogen-bond donors (Lipinski definition) is 2. The maximum absolute atomic E-state index is 11.0. The summed E-state index contributed by atoms with van der Waals surface area (Å²) in [7, 11) is 0. The number of imidazole rings is 1. The molecule has 3 N–H and O–H groups in total. The molecule has 0 bridgehead atoms. The molecule has 0 radical (unpaired) electrons. The molecule has 1 aromatic heterocycles. The summed E-state index contributed by atoms with van der Waals surface area (Å²) in [4.78, 5) is 17.9. The lowest BCUT2D eigenvalue weighted by Gasteiger charge is -2.16. The molecule has 4 heteroatoms.